The fraction of sp³-hybridized carbons (Fsp3) is 0.467. The Kier molecular flexibility index (Phi) is 6.42. The molecule has 0 bridgehead atoms. The van der Waals surface area contributed by atoms with Crippen LogP contribution in [-0.4, -0.2) is 50.3 Å². The van der Waals surface area contributed by atoms with Crippen molar-refractivity contribution in [1.29, 1.82) is 0 Å². The summed E-state index contributed by atoms with van der Waals surface area (Å²) >= 11 is 0. The van der Waals surface area contributed by atoms with Gasteiger partial charge in [-0.15, -0.1) is 0 Å². The first-order valence-corrected chi connectivity index (χ1v) is 13.9. The van der Waals surface area contributed by atoms with Crippen LogP contribution in [-0.2, 0) is 42.6 Å². The van der Waals surface area contributed by atoms with Crippen molar-refractivity contribution >= 4 is 23.3 Å². The lowest BCUT2D eigenvalue weighted by Crippen LogP contribution is -2.41. The van der Waals surface area contributed by atoms with E-state index in [-0.39, 0.29) is 47.1 Å². The van der Waals surface area contributed by atoms with Gasteiger partial charge in [-0.25, -0.2) is 4.98 Å². The Morgan fingerprint density at radius 2 is 2.02 bits per heavy atom. The van der Waals surface area contributed by atoms with Crippen molar-refractivity contribution in [2.24, 2.45) is 18.4 Å². The molecule has 2 N–H and O–H groups in total. The summed E-state index contributed by atoms with van der Waals surface area (Å²) in [6.07, 6.45) is 5.68. The van der Waals surface area contributed by atoms with Gasteiger partial charge in [-0.1, -0.05) is 13.8 Å². The Hall–Kier alpha value is -3.76. The number of carbonyl (C=O) groups is 2. The Morgan fingerprint density at radius 1 is 1.23 bits per heavy atom. The molecule has 3 aromatic rings. The highest BCUT2D eigenvalue weighted by Crippen LogP contribution is 2.40. The molecule has 0 spiro atoms. The number of aromatic nitrogens is 3. The maximum Gasteiger partial charge on any atom is 0.276 e. The monoisotopic (exact) mass is 545 g/mol. The van der Waals surface area contributed by atoms with Crippen LogP contribution in [0.15, 0.2) is 35.4 Å². The number of hydrogen-bond acceptors (Lipinski definition) is 6. The van der Waals surface area contributed by atoms with Crippen molar-refractivity contribution in [2.45, 2.75) is 59.3 Å². The van der Waals surface area contributed by atoms with Gasteiger partial charge in [0.1, 0.15) is 17.2 Å². The van der Waals surface area contributed by atoms with Gasteiger partial charge in [0.15, 0.2) is 0 Å². The van der Waals surface area contributed by atoms with Gasteiger partial charge in [0.25, 0.3) is 11.5 Å². The molecule has 1 aliphatic heterocycles. The molecule has 2 aliphatic carbocycles. The zero-order chi connectivity index (χ0) is 28.3. The van der Waals surface area contributed by atoms with E-state index < -0.39 is 0 Å². The highest BCUT2D eigenvalue weighted by atomic mass is 16.5. The van der Waals surface area contributed by atoms with E-state index in [1.165, 1.54) is 15.8 Å². The van der Waals surface area contributed by atoms with Gasteiger partial charge in [-0.05, 0) is 60.9 Å². The van der Waals surface area contributed by atoms with Crippen LogP contribution in [0.5, 0.6) is 0 Å². The average molecular weight is 546 g/mol. The predicted molar refractivity (Wildman–Crippen MR) is 150 cm³/mol. The number of amides is 2. The predicted octanol–water partition coefficient (Wildman–Crippen LogP) is 2.89. The molecule has 10 nitrogen and oxygen atoms in total. The van der Waals surface area contributed by atoms with Gasteiger partial charge >= 0.3 is 0 Å². The molecular formula is C30H35N5O5. The maximum atomic E-state index is 13.7. The first-order valence-electron chi connectivity index (χ1n) is 13.9. The fourth-order valence-corrected chi connectivity index (χ4v) is 6.27. The number of nitrogens with one attached hydrogen (secondary N) is 1. The highest BCUT2D eigenvalue weighted by Gasteiger charge is 2.44. The number of hydrogen-bond donors (Lipinski definition) is 2. The Balaban J connectivity index is 1.32. The zero-order valence-corrected chi connectivity index (χ0v) is 23.4. The quantitative estimate of drug-likeness (QED) is 0.471. The minimum atomic E-state index is -0.351. The number of nitrogens with zero attached hydrogens (tertiary/aromatic N) is 4. The van der Waals surface area contributed by atoms with Crippen LogP contribution in [0.4, 0.5) is 11.5 Å². The second-order valence-corrected chi connectivity index (χ2v) is 11.8. The van der Waals surface area contributed by atoms with E-state index in [0.717, 1.165) is 12.8 Å². The van der Waals surface area contributed by atoms with Gasteiger partial charge in [0.2, 0.25) is 5.91 Å². The molecule has 4 heterocycles. The summed E-state index contributed by atoms with van der Waals surface area (Å²) in [7, 11) is 1.62. The average Bonchev–Trinajstić information content (AvgIpc) is 3.52. The standard InChI is InChI=1S/C30H35N5O5/c1-5-40-25-12-20(25)27(37)32-22-10-18(15-33(4)28(22)38)19-6-7-31-26(21(19)16-36)35-9-8-34-23(29(35)39)11-17-13-30(2,3)14-24(17)34/h6-7,10-11,15,20,25,36H,5,8-9,12-14,16H2,1-4H3,(H,32,37). The molecule has 2 atom stereocenters. The molecule has 3 aromatic heterocycles. The molecular weight excluding hydrogens is 510 g/mol. The topological polar surface area (TPSA) is 119 Å². The molecule has 0 aromatic carbocycles. The van der Waals surface area contributed by atoms with Crippen LogP contribution in [0.1, 0.15) is 54.5 Å². The molecule has 6 rings (SSSR count). The summed E-state index contributed by atoms with van der Waals surface area (Å²) in [6, 6.07) is 5.38. The van der Waals surface area contributed by atoms with Crippen LogP contribution < -0.4 is 15.8 Å². The van der Waals surface area contributed by atoms with Crippen molar-refractivity contribution in [3.8, 4) is 11.1 Å². The summed E-state index contributed by atoms with van der Waals surface area (Å²) in [6.45, 7) is 7.66. The van der Waals surface area contributed by atoms with Crippen LogP contribution in [0.2, 0.25) is 0 Å². The lowest BCUT2D eigenvalue weighted by atomic mass is 9.90. The molecule has 10 heteroatoms. The molecule has 0 radical (unpaired) electrons. The van der Waals surface area contributed by atoms with E-state index in [0.29, 0.717) is 54.3 Å². The van der Waals surface area contributed by atoms with Crippen LogP contribution in [0.25, 0.3) is 11.1 Å². The van der Waals surface area contributed by atoms with E-state index >= 15 is 0 Å². The Labute approximate surface area is 232 Å². The van der Waals surface area contributed by atoms with Gasteiger partial charge in [-0.3, -0.25) is 19.3 Å². The number of pyridine rings is 2. The molecule has 3 aliphatic rings. The lowest BCUT2D eigenvalue weighted by molar-refractivity contribution is -0.118. The van der Waals surface area contributed by atoms with Gasteiger partial charge < -0.3 is 24.3 Å². The number of aliphatic hydroxyl groups is 1. The van der Waals surface area contributed by atoms with Crippen LogP contribution in [0.3, 0.4) is 0 Å². The first kappa shape index (κ1) is 26.5. The van der Waals surface area contributed by atoms with Crippen LogP contribution >= 0.6 is 0 Å². The molecule has 2 amide bonds. The minimum Gasteiger partial charge on any atom is -0.392 e. The highest BCUT2D eigenvalue weighted by molar-refractivity contribution is 6.06. The SMILES string of the molecule is CCOC1CC1C(=O)Nc1cc(-c2ccnc(N3CCn4c(cc5c4CC(C)(C)C5)C3=O)c2CO)cn(C)c1=O. The van der Waals surface area contributed by atoms with Gasteiger partial charge in [0.05, 0.1) is 18.6 Å². The number of carbonyl (C=O) groups excluding carboxylic acids is 2. The van der Waals surface area contributed by atoms with Gasteiger partial charge in [-0.2, -0.15) is 0 Å². The maximum absolute atomic E-state index is 13.7. The van der Waals surface area contributed by atoms with E-state index in [4.69, 9.17) is 4.74 Å². The molecule has 0 saturated heterocycles. The number of anilines is 2. The second kappa shape index (κ2) is 9.71. The number of fused-ring (bicyclic) bond motifs is 3. The van der Waals surface area contributed by atoms with Crippen LogP contribution in [0, 0.1) is 11.3 Å². The minimum absolute atomic E-state index is 0.114. The van der Waals surface area contributed by atoms with Crippen molar-refractivity contribution in [3.05, 3.63) is 63.5 Å². The Bertz CT molecular complexity index is 1590. The number of ether oxygens (including phenoxy) is 1. The zero-order valence-electron chi connectivity index (χ0n) is 23.4. The fourth-order valence-electron chi connectivity index (χ4n) is 6.27. The molecule has 1 fully saturated rings. The molecule has 1 saturated carbocycles. The summed E-state index contributed by atoms with van der Waals surface area (Å²) in [5.41, 5.74) is 4.89. The summed E-state index contributed by atoms with van der Waals surface area (Å²) in [5, 5.41) is 13.3. The number of rotatable bonds is 7. The smallest absolute Gasteiger partial charge is 0.276 e. The van der Waals surface area contributed by atoms with E-state index in [1.807, 2.05) is 13.0 Å². The molecule has 40 heavy (non-hydrogen) atoms. The summed E-state index contributed by atoms with van der Waals surface area (Å²) in [4.78, 5) is 45.5. The largest absolute Gasteiger partial charge is 0.392 e. The van der Waals surface area contributed by atoms with E-state index in [1.54, 1.807) is 36.5 Å². The van der Waals surface area contributed by atoms with E-state index in [9.17, 15) is 19.5 Å². The molecule has 210 valence electrons. The third-order valence-corrected chi connectivity index (χ3v) is 8.27. The summed E-state index contributed by atoms with van der Waals surface area (Å²) < 4.78 is 9.06. The number of aliphatic hydroxyl groups excluding tert-OH is 1. The lowest BCUT2D eigenvalue weighted by Gasteiger charge is -2.31. The number of aryl methyl sites for hydroxylation is 1. The third-order valence-electron chi connectivity index (χ3n) is 8.27. The first-order chi connectivity index (χ1) is 19.1. The second-order valence-electron chi connectivity index (χ2n) is 11.8. The van der Waals surface area contributed by atoms with Crippen molar-refractivity contribution in [3.63, 3.8) is 0 Å². The normalized spacial score (nSPS) is 20.8. The Morgan fingerprint density at radius 3 is 2.77 bits per heavy atom. The molecule has 2 unspecified atom stereocenters. The van der Waals surface area contributed by atoms with Crippen molar-refractivity contribution in [2.75, 3.05) is 23.4 Å². The van der Waals surface area contributed by atoms with Crippen molar-refractivity contribution < 1.29 is 19.4 Å². The summed E-state index contributed by atoms with van der Waals surface area (Å²) in [5.74, 6) is -0.262. The van der Waals surface area contributed by atoms with Gasteiger partial charge in [0, 0.05) is 56.0 Å². The van der Waals surface area contributed by atoms with Crippen molar-refractivity contribution in [1.82, 2.24) is 14.1 Å². The third kappa shape index (κ3) is 4.45. The van der Waals surface area contributed by atoms with E-state index in [2.05, 4.69) is 28.7 Å².